The standard InChI is InChI=1S/C17H34O4Si/c1-8-20-17(19)11-9-10-16(18)12-21-22(13(2)3,14(4)5)15(6)7/h9,11,13-16,18H,8,10,12H2,1-7H3/b11-9+/t16-/m1/s1. The topological polar surface area (TPSA) is 55.8 Å². The molecule has 0 spiro atoms. The van der Waals surface area contributed by atoms with Gasteiger partial charge >= 0.3 is 5.97 Å². The molecule has 0 aromatic heterocycles. The number of aliphatic hydroxyl groups is 1. The van der Waals surface area contributed by atoms with Crippen LogP contribution in [0.1, 0.15) is 54.9 Å². The molecular formula is C17H34O4Si. The highest BCUT2D eigenvalue weighted by Crippen LogP contribution is 2.42. The summed E-state index contributed by atoms with van der Waals surface area (Å²) in [4.78, 5) is 11.2. The Balaban J connectivity index is 4.57. The first-order valence-electron chi connectivity index (χ1n) is 8.33. The Bertz CT molecular complexity index is 329. The number of ether oxygens (including phenoxy) is 1. The van der Waals surface area contributed by atoms with Gasteiger partial charge in [0.1, 0.15) is 0 Å². The van der Waals surface area contributed by atoms with Gasteiger partial charge in [0.15, 0.2) is 8.32 Å². The largest absolute Gasteiger partial charge is 0.463 e. The van der Waals surface area contributed by atoms with Crippen molar-refractivity contribution >= 4 is 14.3 Å². The minimum absolute atomic E-state index is 0.327. The number of hydrogen-bond donors (Lipinski definition) is 1. The normalized spacial score (nSPS) is 14.3. The van der Waals surface area contributed by atoms with E-state index < -0.39 is 14.4 Å². The molecule has 130 valence electrons. The summed E-state index contributed by atoms with van der Waals surface area (Å²) in [6, 6.07) is 0. The van der Waals surface area contributed by atoms with Gasteiger partial charge in [0.25, 0.3) is 0 Å². The van der Waals surface area contributed by atoms with Crippen molar-refractivity contribution in [1.29, 1.82) is 0 Å². The average Bonchev–Trinajstić information content (AvgIpc) is 2.38. The zero-order valence-electron chi connectivity index (χ0n) is 15.3. The SMILES string of the molecule is CCOC(=O)/C=C/C[C@@H](O)CO[Si](C(C)C)(C(C)C)C(C)C. The van der Waals surface area contributed by atoms with E-state index in [1.165, 1.54) is 6.08 Å². The van der Waals surface area contributed by atoms with Gasteiger partial charge in [0, 0.05) is 6.08 Å². The van der Waals surface area contributed by atoms with Gasteiger partial charge in [-0.2, -0.15) is 0 Å². The summed E-state index contributed by atoms with van der Waals surface area (Å²) in [7, 11) is -1.94. The Morgan fingerprint density at radius 1 is 1.09 bits per heavy atom. The number of aliphatic hydroxyl groups excluding tert-OH is 1. The molecule has 5 heteroatoms. The molecule has 0 aliphatic rings. The summed E-state index contributed by atoms with van der Waals surface area (Å²) in [5, 5.41) is 10.1. The fourth-order valence-corrected chi connectivity index (χ4v) is 8.80. The van der Waals surface area contributed by atoms with Gasteiger partial charge in [0.05, 0.1) is 19.3 Å². The van der Waals surface area contributed by atoms with E-state index in [-0.39, 0.29) is 5.97 Å². The number of carbonyl (C=O) groups excluding carboxylic acids is 1. The maximum Gasteiger partial charge on any atom is 0.330 e. The first kappa shape index (κ1) is 21.3. The van der Waals surface area contributed by atoms with Crippen LogP contribution in [0.3, 0.4) is 0 Å². The van der Waals surface area contributed by atoms with Crippen LogP contribution in [0.5, 0.6) is 0 Å². The maximum absolute atomic E-state index is 11.2. The second kappa shape index (κ2) is 10.2. The van der Waals surface area contributed by atoms with Gasteiger partial charge in [-0.3, -0.25) is 0 Å². The summed E-state index contributed by atoms with van der Waals surface area (Å²) in [5.41, 5.74) is 1.49. The van der Waals surface area contributed by atoms with E-state index in [0.29, 0.717) is 36.3 Å². The molecule has 0 radical (unpaired) electrons. The number of esters is 1. The van der Waals surface area contributed by atoms with Crippen LogP contribution in [-0.2, 0) is 14.0 Å². The van der Waals surface area contributed by atoms with E-state index in [4.69, 9.17) is 9.16 Å². The second-order valence-corrected chi connectivity index (χ2v) is 12.1. The van der Waals surface area contributed by atoms with Crippen molar-refractivity contribution in [3.8, 4) is 0 Å². The van der Waals surface area contributed by atoms with Crippen molar-refractivity contribution in [3.05, 3.63) is 12.2 Å². The molecule has 0 unspecified atom stereocenters. The lowest BCUT2D eigenvalue weighted by Gasteiger charge is -2.42. The van der Waals surface area contributed by atoms with Crippen LogP contribution in [0.2, 0.25) is 16.6 Å². The highest BCUT2D eigenvalue weighted by Gasteiger charge is 2.45. The van der Waals surface area contributed by atoms with E-state index in [0.717, 1.165) is 0 Å². The lowest BCUT2D eigenvalue weighted by Crippen LogP contribution is -2.49. The summed E-state index contributed by atoms with van der Waals surface area (Å²) in [6.45, 7) is 15.8. The highest BCUT2D eigenvalue weighted by molar-refractivity contribution is 6.77. The Morgan fingerprint density at radius 3 is 2.00 bits per heavy atom. The Kier molecular flexibility index (Phi) is 9.88. The van der Waals surface area contributed by atoms with Crippen LogP contribution in [-0.4, -0.2) is 38.7 Å². The van der Waals surface area contributed by atoms with Crippen molar-refractivity contribution in [2.75, 3.05) is 13.2 Å². The second-order valence-electron chi connectivity index (χ2n) is 6.67. The van der Waals surface area contributed by atoms with E-state index in [9.17, 15) is 9.90 Å². The van der Waals surface area contributed by atoms with Gasteiger partial charge in [-0.15, -0.1) is 0 Å². The molecule has 0 saturated heterocycles. The molecule has 0 fully saturated rings. The molecule has 0 aromatic carbocycles. The zero-order chi connectivity index (χ0) is 17.3. The first-order valence-corrected chi connectivity index (χ1v) is 10.5. The van der Waals surface area contributed by atoms with Crippen LogP contribution in [0.15, 0.2) is 12.2 Å². The van der Waals surface area contributed by atoms with Crippen LogP contribution in [0.25, 0.3) is 0 Å². The number of carbonyl (C=O) groups is 1. The Hall–Kier alpha value is -0.653. The highest BCUT2D eigenvalue weighted by atomic mass is 28.4. The van der Waals surface area contributed by atoms with Crippen molar-refractivity contribution < 1.29 is 19.1 Å². The number of hydrogen-bond acceptors (Lipinski definition) is 4. The smallest absolute Gasteiger partial charge is 0.330 e. The fraction of sp³-hybridized carbons (Fsp3) is 0.824. The molecule has 0 aliphatic heterocycles. The van der Waals surface area contributed by atoms with Gasteiger partial charge in [-0.25, -0.2) is 4.79 Å². The molecule has 0 bridgehead atoms. The summed E-state index contributed by atoms with van der Waals surface area (Å²) < 4.78 is 11.1. The summed E-state index contributed by atoms with van der Waals surface area (Å²) >= 11 is 0. The van der Waals surface area contributed by atoms with Crippen molar-refractivity contribution in [3.63, 3.8) is 0 Å². The van der Waals surface area contributed by atoms with Crippen LogP contribution >= 0.6 is 0 Å². The van der Waals surface area contributed by atoms with Gasteiger partial charge in [0.2, 0.25) is 0 Å². The van der Waals surface area contributed by atoms with E-state index in [1.807, 2.05) is 0 Å². The Labute approximate surface area is 137 Å². The van der Waals surface area contributed by atoms with Gasteiger partial charge in [-0.05, 0) is 30.0 Å². The molecule has 0 aliphatic carbocycles. The lowest BCUT2D eigenvalue weighted by molar-refractivity contribution is -0.137. The van der Waals surface area contributed by atoms with Gasteiger partial charge < -0.3 is 14.3 Å². The third-order valence-electron chi connectivity index (χ3n) is 4.18. The summed E-state index contributed by atoms with van der Waals surface area (Å²) in [6.07, 6.45) is 2.83. The fourth-order valence-electron chi connectivity index (χ4n) is 3.32. The minimum atomic E-state index is -1.94. The third kappa shape index (κ3) is 6.22. The van der Waals surface area contributed by atoms with Crippen LogP contribution < -0.4 is 0 Å². The molecule has 0 heterocycles. The molecule has 4 nitrogen and oxygen atoms in total. The minimum Gasteiger partial charge on any atom is -0.463 e. The van der Waals surface area contributed by atoms with E-state index in [1.54, 1.807) is 13.0 Å². The predicted octanol–water partition coefficient (Wildman–Crippen LogP) is 4.05. The maximum atomic E-state index is 11.2. The Morgan fingerprint density at radius 2 is 1.59 bits per heavy atom. The first-order chi connectivity index (χ1) is 10.2. The molecule has 1 N–H and O–H groups in total. The van der Waals surface area contributed by atoms with Crippen molar-refractivity contribution in [1.82, 2.24) is 0 Å². The molecule has 0 rings (SSSR count). The zero-order valence-corrected chi connectivity index (χ0v) is 16.3. The molecule has 0 saturated carbocycles. The van der Waals surface area contributed by atoms with Crippen molar-refractivity contribution in [2.24, 2.45) is 0 Å². The molecule has 0 aromatic rings. The number of rotatable bonds is 10. The van der Waals surface area contributed by atoms with Crippen LogP contribution in [0.4, 0.5) is 0 Å². The molecule has 22 heavy (non-hydrogen) atoms. The van der Waals surface area contributed by atoms with Gasteiger partial charge in [-0.1, -0.05) is 47.6 Å². The summed E-state index contributed by atoms with van der Waals surface area (Å²) in [5.74, 6) is -0.370. The molecule has 0 amide bonds. The molecular weight excluding hydrogens is 296 g/mol. The van der Waals surface area contributed by atoms with E-state index in [2.05, 4.69) is 41.5 Å². The average molecular weight is 331 g/mol. The monoisotopic (exact) mass is 330 g/mol. The third-order valence-corrected chi connectivity index (χ3v) is 10.3. The van der Waals surface area contributed by atoms with Crippen molar-refractivity contribution in [2.45, 2.75) is 77.6 Å². The quantitative estimate of drug-likeness (QED) is 0.373. The molecule has 1 atom stereocenters. The van der Waals surface area contributed by atoms with E-state index >= 15 is 0 Å². The van der Waals surface area contributed by atoms with Crippen LogP contribution in [0, 0.1) is 0 Å². The lowest BCUT2D eigenvalue weighted by atomic mass is 10.2. The predicted molar refractivity (Wildman–Crippen MR) is 93.4 cm³/mol.